The zero-order valence-corrected chi connectivity index (χ0v) is 13.1. The summed E-state index contributed by atoms with van der Waals surface area (Å²) >= 11 is 3.51. The monoisotopic (exact) mass is 334 g/mol. The number of likely N-dealkylation sites (tertiary alicyclic amines) is 1. The molecule has 3 rings (SSSR count). The standard InChI is InChI=1S/C16H19BrN2O/c17-14-5-4-13-6-7-18-16(15(13)12-14)20-11-10-19-8-2-1-3-9-19/h4-7,12H,1-3,8-11H2. The summed E-state index contributed by atoms with van der Waals surface area (Å²) in [6.45, 7) is 4.11. The van der Waals surface area contributed by atoms with E-state index in [1.54, 1.807) is 0 Å². The third-order valence-electron chi connectivity index (χ3n) is 3.79. The summed E-state index contributed by atoms with van der Waals surface area (Å²) in [6.07, 6.45) is 5.82. The predicted molar refractivity (Wildman–Crippen MR) is 85.2 cm³/mol. The van der Waals surface area contributed by atoms with Gasteiger partial charge in [-0.2, -0.15) is 0 Å². The van der Waals surface area contributed by atoms with Gasteiger partial charge in [-0.25, -0.2) is 4.98 Å². The summed E-state index contributed by atoms with van der Waals surface area (Å²) in [7, 11) is 0. The molecule has 1 aromatic carbocycles. The number of piperidine rings is 1. The highest BCUT2D eigenvalue weighted by molar-refractivity contribution is 9.10. The normalized spacial score (nSPS) is 16.4. The second-order valence-electron chi connectivity index (χ2n) is 5.23. The van der Waals surface area contributed by atoms with Gasteiger partial charge in [-0.05, 0) is 49.5 Å². The highest BCUT2D eigenvalue weighted by atomic mass is 79.9. The molecule has 106 valence electrons. The fraction of sp³-hybridized carbons (Fsp3) is 0.438. The van der Waals surface area contributed by atoms with Gasteiger partial charge in [-0.15, -0.1) is 0 Å². The molecule has 0 bridgehead atoms. The number of pyridine rings is 1. The maximum Gasteiger partial charge on any atom is 0.221 e. The molecular formula is C16H19BrN2O. The van der Waals surface area contributed by atoms with Gasteiger partial charge in [0.05, 0.1) is 0 Å². The van der Waals surface area contributed by atoms with Crippen molar-refractivity contribution in [3.63, 3.8) is 0 Å². The van der Waals surface area contributed by atoms with Crippen molar-refractivity contribution in [2.24, 2.45) is 0 Å². The zero-order chi connectivity index (χ0) is 13.8. The highest BCUT2D eigenvalue weighted by Gasteiger charge is 2.10. The number of ether oxygens (including phenoxy) is 1. The first-order valence-electron chi connectivity index (χ1n) is 7.22. The van der Waals surface area contributed by atoms with Crippen LogP contribution in [0.5, 0.6) is 5.88 Å². The molecule has 1 aliphatic rings. The number of nitrogens with zero attached hydrogens (tertiary/aromatic N) is 2. The molecule has 0 amide bonds. The number of hydrogen-bond donors (Lipinski definition) is 0. The number of rotatable bonds is 4. The van der Waals surface area contributed by atoms with Crippen LogP contribution >= 0.6 is 15.9 Å². The lowest BCUT2D eigenvalue weighted by atomic mass is 10.1. The molecule has 0 radical (unpaired) electrons. The summed E-state index contributed by atoms with van der Waals surface area (Å²) in [5.41, 5.74) is 0. The Morgan fingerprint density at radius 3 is 2.85 bits per heavy atom. The summed E-state index contributed by atoms with van der Waals surface area (Å²) in [5.74, 6) is 0.737. The van der Waals surface area contributed by atoms with Gasteiger partial charge >= 0.3 is 0 Å². The van der Waals surface area contributed by atoms with Crippen LogP contribution in [0, 0.1) is 0 Å². The molecule has 1 aliphatic heterocycles. The highest BCUT2D eigenvalue weighted by Crippen LogP contribution is 2.26. The molecule has 0 spiro atoms. The molecule has 1 fully saturated rings. The smallest absolute Gasteiger partial charge is 0.221 e. The van der Waals surface area contributed by atoms with Crippen molar-refractivity contribution in [2.75, 3.05) is 26.2 Å². The first-order valence-corrected chi connectivity index (χ1v) is 8.02. The van der Waals surface area contributed by atoms with Crippen molar-refractivity contribution < 1.29 is 4.74 Å². The quantitative estimate of drug-likeness (QED) is 0.848. The summed E-state index contributed by atoms with van der Waals surface area (Å²) < 4.78 is 6.96. The third-order valence-corrected chi connectivity index (χ3v) is 4.28. The fourth-order valence-corrected chi connectivity index (χ4v) is 3.04. The van der Waals surface area contributed by atoms with Gasteiger partial charge in [0.1, 0.15) is 6.61 Å². The van der Waals surface area contributed by atoms with Crippen LogP contribution in [0.2, 0.25) is 0 Å². The van der Waals surface area contributed by atoms with E-state index in [4.69, 9.17) is 4.74 Å². The number of benzene rings is 1. The Labute approximate surface area is 128 Å². The van der Waals surface area contributed by atoms with Gasteiger partial charge in [-0.3, -0.25) is 4.90 Å². The van der Waals surface area contributed by atoms with Crippen molar-refractivity contribution in [1.29, 1.82) is 0 Å². The maximum absolute atomic E-state index is 5.90. The van der Waals surface area contributed by atoms with E-state index in [2.05, 4.69) is 37.9 Å². The lowest BCUT2D eigenvalue weighted by molar-refractivity contribution is 0.181. The lowest BCUT2D eigenvalue weighted by Gasteiger charge is -2.26. The molecule has 1 saturated heterocycles. The van der Waals surface area contributed by atoms with Gasteiger partial charge in [-0.1, -0.05) is 28.4 Å². The largest absolute Gasteiger partial charge is 0.476 e. The molecular weight excluding hydrogens is 316 g/mol. The third kappa shape index (κ3) is 3.30. The van der Waals surface area contributed by atoms with Crippen molar-refractivity contribution in [3.05, 3.63) is 34.9 Å². The minimum absolute atomic E-state index is 0.707. The molecule has 0 N–H and O–H groups in total. The van der Waals surface area contributed by atoms with Crippen LogP contribution in [0.1, 0.15) is 19.3 Å². The molecule has 2 heterocycles. The van der Waals surface area contributed by atoms with E-state index in [0.29, 0.717) is 6.61 Å². The fourth-order valence-electron chi connectivity index (χ4n) is 2.68. The average molecular weight is 335 g/mol. The van der Waals surface area contributed by atoms with Crippen molar-refractivity contribution in [3.8, 4) is 5.88 Å². The maximum atomic E-state index is 5.90. The Morgan fingerprint density at radius 1 is 1.15 bits per heavy atom. The zero-order valence-electron chi connectivity index (χ0n) is 11.5. The molecule has 2 aromatic rings. The molecule has 0 unspecified atom stereocenters. The summed E-state index contributed by atoms with van der Waals surface area (Å²) in [6, 6.07) is 8.20. The van der Waals surface area contributed by atoms with E-state index in [0.717, 1.165) is 27.7 Å². The molecule has 3 nitrogen and oxygen atoms in total. The number of aromatic nitrogens is 1. The SMILES string of the molecule is Brc1ccc2ccnc(OCCN3CCCCC3)c2c1. The Kier molecular flexibility index (Phi) is 4.53. The van der Waals surface area contributed by atoms with Crippen molar-refractivity contribution >= 4 is 26.7 Å². The summed E-state index contributed by atoms with van der Waals surface area (Å²) in [4.78, 5) is 6.85. The molecule has 1 aromatic heterocycles. The van der Waals surface area contributed by atoms with Gasteiger partial charge in [0.15, 0.2) is 0 Å². The Morgan fingerprint density at radius 2 is 2.00 bits per heavy atom. The van der Waals surface area contributed by atoms with E-state index < -0.39 is 0 Å². The molecule has 4 heteroatoms. The van der Waals surface area contributed by atoms with Crippen LogP contribution < -0.4 is 4.74 Å². The van der Waals surface area contributed by atoms with Crippen LogP contribution in [0.15, 0.2) is 34.9 Å². The lowest BCUT2D eigenvalue weighted by Crippen LogP contribution is -2.33. The van der Waals surface area contributed by atoms with Gasteiger partial charge in [0.25, 0.3) is 0 Å². The second kappa shape index (κ2) is 6.55. The Balaban J connectivity index is 1.66. The van der Waals surface area contributed by atoms with Gasteiger partial charge in [0.2, 0.25) is 5.88 Å². The number of fused-ring (bicyclic) bond motifs is 1. The first kappa shape index (κ1) is 13.8. The topological polar surface area (TPSA) is 25.4 Å². The van der Waals surface area contributed by atoms with Crippen LogP contribution in [0.25, 0.3) is 10.8 Å². The van der Waals surface area contributed by atoms with Crippen molar-refractivity contribution in [2.45, 2.75) is 19.3 Å². The Hall–Kier alpha value is -1.13. The number of halogens is 1. The summed E-state index contributed by atoms with van der Waals surface area (Å²) in [5, 5.41) is 2.23. The van der Waals surface area contributed by atoms with E-state index in [1.165, 1.54) is 32.4 Å². The molecule has 0 aliphatic carbocycles. The second-order valence-corrected chi connectivity index (χ2v) is 6.15. The molecule has 20 heavy (non-hydrogen) atoms. The molecule has 0 atom stereocenters. The van der Waals surface area contributed by atoms with Gasteiger partial charge < -0.3 is 4.74 Å². The van der Waals surface area contributed by atoms with Gasteiger partial charge in [0, 0.05) is 22.6 Å². The minimum atomic E-state index is 0.707. The van der Waals surface area contributed by atoms with Crippen LogP contribution in [-0.4, -0.2) is 36.1 Å². The van der Waals surface area contributed by atoms with Crippen LogP contribution in [0.3, 0.4) is 0 Å². The van der Waals surface area contributed by atoms with E-state index in [1.807, 2.05) is 18.3 Å². The molecule has 0 saturated carbocycles. The Bertz CT molecular complexity index is 582. The predicted octanol–water partition coefficient (Wildman–Crippen LogP) is 3.86. The van der Waals surface area contributed by atoms with Crippen LogP contribution in [-0.2, 0) is 0 Å². The number of hydrogen-bond acceptors (Lipinski definition) is 3. The first-order chi connectivity index (χ1) is 9.83. The van der Waals surface area contributed by atoms with Crippen molar-refractivity contribution in [1.82, 2.24) is 9.88 Å². The van der Waals surface area contributed by atoms with Crippen LogP contribution in [0.4, 0.5) is 0 Å². The van der Waals surface area contributed by atoms with E-state index in [9.17, 15) is 0 Å². The average Bonchev–Trinajstić information content (AvgIpc) is 2.49. The van der Waals surface area contributed by atoms with E-state index in [-0.39, 0.29) is 0 Å². The minimum Gasteiger partial charge on any atom is -0.476 e. The van der Waals surface area contributed by atoms with E-state index >= 15 is 0 Å².